The predicted octanol–water partition coefficient (Wildman–Crippen LogP) is 3.34. The summed E-state index contributed by atoms with van der Waals surface area (Å²) in [7, 11) is 0. The Labute approximate surface area is 111 Å². The molecule has 0 bridgehead atoms. The van der Waals surface area contributed by atoms with E-state index < -0.39 is 11.6 Å². The molecule has 0 fully saturated rings. The van der Waals surface area contributed by atoms with Gasteiger partial charge in [-0.2, -0.15) is 0 Å². The van der Waals surface area contributed by atoms with E-state index in [2.05, 4.69) is 10.3 Å². The van der Waals surface area contributed by atoms with E-state index in [1.165, 1.54) is 12.1 Å². The van der Waals surface area contributed by atoms with Crippen molar-refractivity contribution < 1.29 is 8.78 Å². The van der Waals surface area contributed by atoms with Crippen molar-refractivity contribution in [2.75, 3.05) is 5.32 Å². The molecular weight excluding hydrogens is 248 g/mol. The van der Waals surface area contributed by atoms with Crippen molar-refractivity contribution >= 4 is 5.95 Å². The summed E-state index contributed by atoms with van der Waals surface area (Å²) < 4.78 is 28.3. The average molecular weight is 265 g/mol. The smallest absolute Gasteiger partial charge is 0.203 e. The van der Waals surface area contributed by atoms with Gasteiger partial charge in [-0.1, -0.05) is 6.07 Å². The largest absolute Gasteiger partial charge is 0.353 e. The molecule has 0 radical (unpaired) electrons. The Morgan fingerprint density at radius 3 is 2.68 bits per heavy atom. The van der Waals surface area contributed by atoms with Crippen molar-refractivity contribution in [1.82, 2.24) is 9.55 Å². The Hall–Kier alpha value is -1.91. The van der Waals surface area contributed by atoms with Crippen LogP contribution in [0.3, 0.4) is 0 Å². The molecule has 0 aliphatic heterocycles. The molecule has 19 heavy (non-hydrogen) atoms. The molecule has 2 rings (SSSR count). The number of imidazole rings is 1. The number of nitrogens with zero attached hydrogens (tertiary/aromatic N) is 2. The van der Waals surface area contributed by atoms with Crippen LogP contribution in [0.25, 0.3) is 0 Å². The van der Waals surface area contributed by atoms with Crippen molar-refractivity contribution in [2.24, 2.45) is 0 Å². The number of benzene rings is 1. The van der Waals surface area contributed by atoms with Crippen LogP contribution >= 0.6 is 0 Å². The number of aryl methyl sites for hydroxylation is 1. The van der Waals surface area contributed by atoms with Crippen molar-refractivity contribution in [3.63, 3.8) is 0 Å². The number of hydrogen-bond donors (Lipinski definition) is 1. The average Bonchev–Trinajstić information content (AvgIpc) is 2.62. The first kappa shape index (κ1) is 13.5. The minimum absolute atomic E-state index is 0.235. The lowest BCUT2D eigenvalue weighted by Crippen LogP contribution is -2.15. The fraction of sp³-hybridized carbons (Fsp3) is 0.357. The Balaban J connectivity index is 2.27. The fourth-order valence-electron chi connectivity index (χ4n) is 1.87. The highest BCUT2D eigenvalue weighted by atomic mass is 19.1. The van der Waals surface area contributed by atoms with Gasteiger partial charge in [-0.15, -0.1) is 0 Å². The van der Waals surface area contributed by atoms with E-state index in [0.717, 1.165) is 11.8 Å². The molecule has 1 aromatic carbocycles. The van der Waals surface area contributed by atoms with E-state index in [1.807, 2.05) is 31.5 Å². The summed E-state index contributed by atoms with van der Waals surface area (Å²) >= 11 is 0. The molecule has 0 saturated carbocycles. The highest BCUT2D eigenvalue weighted by Crippen LogP contribution is 2.16. The van der Waals surface area contributed by atoms with Crippen LogP contribution in [-0.2, 0) is 6.54 Å². The summed E-state index contributed by atoms with van der Waals surface area (Å²) in [6.07, 6.45) is 1.84. The van der Waals surface area contributed by atoms with Crippen molar-refractivity contribution in [2.45, 2.75) is 33.4 Å². The van der Waals surface area contributed by atoms with Crippen LogP contribution in [0.2, 0.25) is 0 Å². The second kappa shape index (κ2) is 5.38. The van der Waals surface area contributed by atoms with Gasteiger partial charge in [-0.05, 0) is 26.8 Å². The van der Waals surface area contributed by atoms with Crippen LogP contribution in [0.5, 0.6) is 0 Å². The quantitative estimate of drug-likeness (QED) is 0.918. The molecule has 1 aromatic heterocycles. The first-order valence-corrected chi connectivity index (χ1v) is 6.20. The number of nitrogens with one attached hydrogen (secondary N) is 1. The monoisotopic (exact) mass is 265 g/mol. The summed E-state index contributed by atoms with van der Waals surface area (Å²) in [5.41, 5.74) is 1.29. The third kappa shape index (κ3) is 3.30. The Morgan fingerprint density at radius 2 is 2.05 bits per heavy atom. The molecule has 2 aromatic rings. The molecule has 102 valence electrons. The van der Waals surface area contributed by atoms with Crippen LogP contribution in [0.1, 0.15) is 25.1 Å². The number of aromatic nitrogens is 2. The van der Waals surface area contributed by atoms with Crippen LogP contribution in [0.4, 0.5) is 14.7 Å². The lowest BCUT2D eigenvalue weighted by molar-refractivity contribution is 0.566. The van der Waals surface area contributed by atoms with E-state index in [0.29, 0.717) is 18.1 Å². The number of hydrogen-bond acceptors (Lipinski definition) is 2. The van der Waals surface area contributed by atoms with E-state index in [-0.39, 0.29) is 6.04 Å². The molecule has 0 atom stereocenters. The summed E-state index contributed by atoms with van der Waals surface area (Å²) in [6.45, 7) is 6.21. The van der Waals surface area contributed by atoms with Gasteiger partial charge < -0.3 is 9.88 Å². The summed E-state index contributed by atoms with van der Waals surface area (Å²) in [5.74, 6) is -0.415. The normalized spacial score (nSPS) is 11.1. The van der Waals surface area contributed by atoms with E-state index >= 15 is 0 Å². The van der Waals surface area contributed by atoms with Crippen molar-refractivity contribution in [1.29, 1.82) is 0 Å². The maximum absolute atomic E-state index is 13.6. The molecule has 0 unspecified atom stereocenters. The summed E-state index contributed by atoms with van der Waals surface area (Å²) in [4.78, 5) is 4.35. The molecule has 0 amide bonds. The van der Waals surface area contributed by atoms with Gasteiger partial charge >= 0.3 is 0 Å². The molecule has 1 N–H and O–H groups in total. The molecule has 1 heterocycles. The number of rotatable bonds is 4. The zero-order valence-electron chi connectivity index (χ0n) is 11.2. The molecule has 0 saturated heterocycles. The van der Waals surface area contributed by atoms with Gasteiger partial charge in [0.2, 0.25) is 5.95 Å². The Bertz CT molecular complexity index is 576. The number of anilines is 1. The van der Waals surface area contributed by atoms with Crippen LogP contribution in [0.15, 0.2) is 24.4 Å². The highest BCUT2D eigenvalue weighted by molar-refractivity contribution is 5.31. The maximum Gasteiger partial charge on any atom is 0.203 e. The van der Waals surface area contributed by atoms with Crippen LogP contribution < -0.4 is 5.32 Å². The molecule has 0 aliphatic carbocycles. The predicted molar refractivity (Wildman–Crippen MR) is 71.2 cm³/mol. The second-order valence-corrected chi connectivity index (χ2v) is 4.87. The van der Waals surface area contributed by atoms with E-state index in [1.54, 1.807) is 0 Å². The van der Waals surface area contributed by atoms with Crippen LogP contribution in [0, 0.1) is 18.6 Å². The third-order valence-electron chi connectivity index (χ3n) is 2.67. The minimum atomic E-state index is -0.566. The third-order valence-corrected chi connectivity index (χ3v) is 2.67. The van der Waals surface area contributed by atoms with Gasteiger partial charge in [0, 0.05) is 23.9 Å². The molecule has 0 aliphatic rings. The first-order chi connectivity index (χ1) is 8.95. The van der Waals surface area contributed by atoms with E-state index in [4.69, 9.17) is 0 Å². The van der Waals surface area contributed by atoms with Gasteiger partial charge in [-0.25, -0.2) is 13.8 Å². The minimum Gasteiger partial charge on any atom is -0.353 e. The highest BCUT2D eigenvalue weighted by Gasteiger charge is 2.10. The Morgan fingerprint density at radius 1 is 1.32 bits per heavy atom. The van der Waals surface area contributed by atoms with Gasteiger partial charge in [0.25, 0.3) is 0 Å². The summed E-state index contributed by atoms with van der Waals surface area (Å²) in [5, 5.41) is 3.20. The topological polar surface area (TPSA) is 29.9 Å². The van der Waals surface area contributed by atoms with Gasteiger partial charge in [0.05, 0.1) is 12.2 Å². The molecular formula is C14H17F2N3. The second-order valence-electron chi connectivity index (χ2n) is 4.87. The van der Waals surface area contributed by atoms with Gasteiger partial charge in [-0.3, -0.25) is 0 Å². The fourth-order valence-corrected chi connectivity index (χ4v) is 1.87. The molecule has 5 heteroatoms. The van der Waals surface area contributed by atoms with E-state index in [9.17, 15) is 8.78 Å². The standard InChI is InChI=1S/C14H17F2N3/c1-9(2)17-14-18-10(3)7-19(14)8-11-4-5-12(15)6-13(11)16/h4-7,9H,8H2,1-3H3,(H,17,18). The van der Waals surface area contributed by atoms with Gasteiger partial charge in [0.15, 0.2) is 0 Å². The number of halogens is 2. The zero-order chi connectivity index (χ0) is 14.0. The lowest BCUT2D eigenvalue weighted by atomic mass is 10.2. The van der Waals surface area contributed by atoms with Crippen molar-refractivity contribution in [3.8, 4) is 0 Å². The summed E-state index contributed by atoms with van der Waals surface area (Å²) in [6, 6.07) is 3.85. The Kier molecular flexibility index (Phi) is 3.83. The van der Waals surface area contributed by atoms with Crippen molar-refractivity contribution in [3.05, 3.63) is 47.3 Å². The SMILES string of the molecule is Cc1cn(Cc2ccc(F)cc2F)c(NC(C)C)n1. The van der Waals surface area contributed by atoms with Gasteiger partial charge in [0.1, 0.15) is 11.6 Å². The van der Waals surface area contributed by atoms with Crippen LogP contribution in [-0.4, -0.2) is 15.6 Å². The lowest BCUT2D eigenvalue weighted by Gasteiger charge is -2.12. The maximum atomic E-state index is 13.6. The zero-order valence-corrected chi connectivity index (χ0v) is 11.2. The molecule has 3 nitrogen and oxygen atoms in total. The first-order valence-electron chi connectivity index (χ1n) is 6.20. The molecule has 0 spiro atoms.